The number of carbonyl (C=O) groups excluding carboxylic acids is 3. The Labute approximate surface area is 193 Å². The van der Waals surface area contributed by atoms with Gasteiger partial charge in [0.2, 0.25) is 5.91 Å². The number of nitrogens with one attached hydrogen (secondary N) is 3. The van der Waals surface area contributed by atoms with Crippen molar-refractivity contribution in [3.8, 4) is 0 Å². The molecule has 4 aliphatic carbocycles. The van der Waals surface area contributed by atoms with Crippen LogP contribution in [0.4, 0.5) is 16.2 Å². The van der Waals surface area contributed by atoms with Gasteiger partial charge in [-0.15, -0.1) is 0 Å². The van der Waals surface area contributed by atoms with Crippen LogP contribution in [-0.2, 0) is 11.3 Å². The van der Waals surface area contributed by atoms with E-state index in [1.807, 2.05) is 12.1 Å². The second-order valence-electron chi connectivity index (χ2n) is 10.1. The zero-order valence-electron chi connectivity index (χ0n) is 18.6. The van der Waals surface area contributed by atoms with Crippen LogP contribution in [0.5, 0.6) is 0 Å². The fourth-order valence-corrected chi connectivity index (χ4v) is 6.55. The van der Waals surface area contributed by atoms with Gasteiger partial charge in [-0.2, -0.15) is 0 Å². The van der Waals surface area contributed by atoms with E-state index in [4.69, 9.17) is 5.73 Å². The molecule has 0 aromatic heterocycles. The molecular weight excluding hydrogens is 416 g/mol. The van der Waals surface area contributed by atoms with Gasteiger partial charge in [0.1, 0.15) is 0 Å². The van der Waals surface area contributed by atoms with Crippen LogP contribution in [0.3, 0.4) is 0 Å². The third-order valence-corrected chi connectivity index (χ3v) is 7.58. The number of amides is 4. The Morgan fingerprint density at radius 2 is 1.42 bits per heavy atom. The standard InChI is InChI=1S/C26H30N4O3/c27-25(33)30-22-3-1-2-21(11-22)29-23(31)20-6-4-16(5-7-20)15-28-24(32)26-12-17-8-18(13-26)10-19(9-17)14-26/h1-7,11,17-19H,8-10,12-15H2,(H,28,32)(H,29,31)(H3,27,30,33). The van der Waals surface area contributed by atoms with Crippen molar-refractivity contribution in [3.05, 3.63) is 59.7 Å². The minimum Gasteiger partial charge on any atom is -0.352 e. The molecule has 0 radical (unpaired) electrons. The molecule has 4 aliphatic rings. The van der Waals surface area contributed by atoms with E-state index in [0.717, 1.165) is 42.6 Å². The van der Waals surface area contributed by atoms with Crippen LogP contribution in [0.15, 0.2) is 48.5 Å². The summed E-state index contributed by atoms with van der Waals surface area (Å²) >= 11 is 0. The van der Waals surface area contributed by atoms with E-state index in [1.54, 1.807) is 36.4 Å². The number of benzene rings is 2. The predicted octanol–water partition coefficient (Wildman–Crippen LogP) is 4.26. The highest BCUT2D eigenvalue weighted by molar-refractivity contribution is 6.04. The molecule has 33 heavy (non-hydrogen) atoms. The molecule has 7 nitrogen and oxygen atoms in total. The van der Waals surface area contributed by atoms with Crippen LogP contribution < -0.4 is 21.7 Å². The molecule has 0 heterocycles. The molecule has 5 N–H and O–H groups in total. The molecule has 0 saturated heterocycles. The van der Waals surface area contributed by atoms with Crippen LogP contribution in [0.2, 0.25) is 0 Å². The number of nitrogens with two attached hydrogens (primary N) is 1. The van der Waals surface area contributed by atoms with Crippen molar-refractivity contribution >= 4 is 29.2 Å². The first-order chi connectivity index (χ1) is 15.9. The normalized spacial score (nSPS) is 27.1. The molecule has 4 amide bonds. The summed E-state index contributed by atoms with van der Waals surface area (Å²) < 4.78 is 0. The van der Waals surface area contributed by atoms with E-state index < -0.39 is 6.03 Å². The van der Waals surface area contributed by atoms with Gasteiger partial charge in [0.15, 0.2) is 0 Å². The average molecular weight is 447 g/mol. The molecule has 2 aromatic carbocycles. The summed E-state index contributed by atoms with van der Waals surface area (Å²) in [5.74, 6) is 2.19. The van der Waals surface area contributed by atoms with Crippen molar-refractivity contribution < 1.29 is 14.4 Å². The summed E-state index contributed by atoms with van der Waals surface area (Å²) in [4.78, 5) is 36.7. The lowest BCUT2D eigenvalue weighted by molar-refractivity contribution is -0.146. The molecule has 7 heteroatoms. The molecule has 4 saturated carbocycles. The highest BCUT2D eigenvalue weighted by atomic mass is 16.2. The quantitative estimate of drug-likeness (QED) is 0.532. The molecule has 6 rings (SSSR count). The third-order valence-electron chi connectivity index (χ3n) is 7.58. The monoisotopic (exact) mass is 446 g/mol. The first kappa shape index (κ1) is 21.5. The van der Waals surface area contributed by atoms with Crippen molar-refractivity contribution in [2.45, 2.75) is 45.1 Å². The minimum atomic E-state index is -0.663. The van der Waals surface area contributed by atoms with Crippen molar-refractivity contribution in [2.24, 2.45) is 28.9 Å². The van der Waals surface area contributed by atoms with Crippen LogP contribution >= 0.6 is 0 Å². The van der Waals surface area contributed by atoms with Crippen molar-refractivity contribution in [2.75, 3.05) is 10.6 Å². The number of urea groups is 1. The van der Waals surface area contributed by atoms with Crippen LogP contribution in [0, 0.1) is 23.2 Å². The van der Waals surface area contributed by atoms with Crippen molar-refractivity contribution in [1.82, 2.24) is 5.32 Å². The van der Waals surface area contributed by atoms with Crippen molar-refractivity contribution in [1.29, 1.82) is 0 Å². The summed E-state index contributed by atoms with van der Waals surface area (Å²) in [5, 5.41) is 8.48. The molecule has 4 bridgehead atoms. The van der Waals surface area contributed by atoms with E-state index in [1.165, 1.54) is 19.3 Å². The van der Waals surface area contributed by atoms with Gasteiger partial charge in [-0.1, -0.05) is 18.2 Å². The number of primary amides is 1. The average Bonchev–Trinajstić information content (AvgIpc) is 2.76. The lowest BCUT2D eigenvalue weighted by Crippen LogP contribution is -2.53. The molecule has 172 valence electrons. The smallest absolute Gasteiger partial charge is 0.316 e. The molecule has 0 spiro atoms. The van der Waals surface area contributed by atoms with Gasteiger partial charge in [0.05, 0.1) is 0 Å². The summed E-state index contributed by atoms with van der Waals surface area (Å²) in [5.41, 5.74) is 7.53. The van der Waals surface area contributed by atoms with E-state index in [-0.39, 0.29) is 17.2 Å². The lowest BCUT2D eigenvalue weighted by atomic mass is 9.49. The van der Waals surface area contributed by atoms with Crippen LogP contribution in [0.25, 0.3) is 0 Å². The van der Waals surface area contributed by atoms with Gasteiger partial charge in [0.25, 0.3) is 5.91 Å². The van der Waals surface area contributed by atoms with E-state index >= 15 is 0 Å². The van der Waals surface area contributed by atoms with Crippen molar-refractivity contribution in [3.63, 3.8) is 0 Å². The van der Waals surface area contributed by atoms with E-state index in [9.17, 15) is 14.4 Å². The van der Waals surface area contributed by atoms with Gasteiger partial charge in [-0.3, -0.25) is 9.59 Å². The number of carbonyl (C=O) groups is 3. The van der Waals surface area contributed by atoms with E-state index in [2.05, 4.69) is 16.0 Å². The zero-order chi connectivity index (χ0) is 23.0. The molecule has 0 unspecified atom stereocenters. The molecule has 2 aromatic rings. The van der Waals surface area contributed by atoms with E-state index in [0.29, 0.717) is 23.5 Å². The summed E-state index contributed by atoms with van der Waals surface area (Å²) in [6, 6.07) is 13.4. The Kier molecular flexibility index (Phi) is 5.56. The topological polar surface area (TPSA) is 113 Å². The van der Waals surface area contributed by atoms with Gasteiger partial charge in [-0.25, -0.2) is 4.79 Å². The largest absolute Gasteiger partial charge is 0.352 e. The highest BCUT2D eigenvalue weighted by Gasteiger charge is 2.54. The fraction of sp³-hybridized carbons (Fsp3) is 0.423. The van der Waals surface area contributed by atoms with Gasteiger partial charge in [0, 0.05) is 28.9 Å². The number of anilines is 2. The second kappa shape index (κ2) is 8.54. The molecule has 0 atom stereocenters. The fourth-order valence-electron chi connectivity index (χ4n) is 6.55. The summed E-state index contributed by atoms with van der Waals surface area (Å²) in [6.07, 6.45) is 7.13. The maximum absolute atomic E-state index is 13.1. The second-order valence-corrected chi connectivity index (χ2v) is 10.1. The molecular formula is C26H30N4O3. The van der Waals surface area contributed by atoms with Crippen LogP contribution in [-0.4, -0.2) is 17.8 Å². The zero-order valence-corrected chi connectivity index (χ0v) is 18.6. The summed E-state index contributed by atoms with van der Waals surface area (Å²) in [6.45, 7) is 0.476. The Hall–Kier alpha value is -3.35. The number of rotatable bonds is 6. The van der Waals surface area contributed by atoms with Gasteiger partial charge in [-0.05, 0) is 92.2 Å². The lowest BCUT2D eigenvalue weighted by Gasteiger charge is -2.55. The van der Waals surface area contributed by atoms with Crippen LogP contribution in [0.1, 0.15) is 54.4 Å². The van der Waals surface area contributed by atoms with Gasteiger partial charge >= 0.3 is 6.03 Å². The minimum absolute atomic E-state index is 0.146. The third kappa shape index (κ3) is 4.58. The van der Waals surface area contributed by atoms with Gasteiger partial charge < -0.3 is 21.7 Å². The maximum atomic E-state index is 13.1. The SMILES string of the molecule is NC(=O)Nc1cccc(NC(=O)c2ccc(CNC(=O)C34CC5CC(CC(C5)C3)C4)cc2)c1. The molecule has 4 fully saturated rings. The Morgan fingerprint density at radius 3 is 2.00 bits per heavy atom. The Balaban J connectivity index is 1.17. The first-order valence-electron chi connectivity index (χ1n) is 11.7. The predicted molar refractivity (Wildman–Crippen MR) is 126 cm³/mol. The molecule has 0 aliphatic heterocycles. The number of hydrogen-bond donors (Lipinski definition) is 4. The number of hydrogen-bond acceptors (Lipinski definition) is 3. The first-order valence-corrected chi connectivity index (χ1v) is 11.7. The Morgan fingerprint density at radius 1 is 0.848 bits per heavy atom. The Bertz CT molecular complexity index is 1040. The highest BCUT2D eigenvalue weighted by Crippen LogP contribution is 2.60. The maximum Gasteiger partial charge on any atom is 0.316 e. The summed E-state index contributed by atoms with van der Waals surface area (Å²) in [7, 11) is 0.